The van der Waals surface area contributed by atoms with Crippen LogP contribution in [0.1, 0.15) is 24.3 Å². The number of methoxy groups -OCH3 is 1. The van der Waals surface area contributed by atoms with Gasteiger partial charge in [-0.15, -0.1) is 0 Å². The SMILES string of the molecule is COc1cccc(NC(=O)C(NC(=O)c2cc3c(cn2)[nH]c2ccccc23)C(C)C)c1. The Balaban J connectivity index is 1.55. The molecule has 0 fully saturated rings. The van der Waals surface area contributed by atoms with E-state index in [0.717, 1.165) is 21.8 Å². The van der Waals surface area contributed by atoms with E-state index in [1.54, 1.807) is 43.6 Å². The molecule has 2 heterocycles. The number of para-hydroxylation sites is 1. The average molecular weight is 416 g/mol. The van der Waals surface area contributed by atoms with Crippen LogP contribution in [0.3, 0.4) is 0 Å². The topological polar surface area (TPSA) is 96.1 Å². The Hall–Kier alpha value is -3.87. The number of pyridine rings is 1. The normalized spacial score (nSPS) is 12.1. The molecule has 2 aromatic carbocycles. The zero-order valence-corrected chi connectivity index (χ0v) is 17.6. The van der Waals surface area contributed by atoms with Crippen LogP contribution in [0.2, 0.25) is 0 Å². The fraction of sp³-hybridized carbons (Fsp3) is 0.208. The number of nitrogens with one attached hydrogen (secondary N) is 3. The van der Waals surface area contributed by atoms with Crippen LogP contribution >= 0.6 is 0 Å². The van der Waals surface area contributed by atoms with Crippen molar-refractivity contribution in [1.82, 2.24) is 15.3 Å². The number of nitrogens with zero attached hydrogens (tertiary/aromatic N) is 1. The first kappa shape index (κ1) is 20.4. The standard InChI is InChI=1S/C24H24N4O3/c1-14(2)22(24(30)26-15-7-6-8-16(11-15)31-3)28-23(29)20-12-18-17-9-4-5-10-19(17)27-21(18)13-25-20/h4-14,22,27H,1-3H3,(H,26,30)(H,28,29). The zero-order valence-electron chi connectivity index (χ0n) is 17.6. The minimum atomic E-state index is -0.723. The first-order chi connectivity index (χ1) is 15.0. The Labute approximate surface area is 179 Å². The molecule has 3 N–H and O–H groups in total. The Morgan fingerprint density at radius 2 is 1.81 bits per heavy atom. The van der Waals surface area contributed by atoms with E-state index in [2.05, 4.69) is 20.6 Å². The summed E-state index contributed by atoms with van der Waals surface area (Å²) in [6.07, 6.45) is 1.64. The molecule has 2 amide bonds. The van der Waals surface area contributed by atoms with Gasteiger partial charge >= 0.3 is 0 Å². The fourth-order valence-corrected chi connectivity index (χ4v) is 3.55. The number of amides is 2. The summed E-state index contributed by atoms with van der Waals surface area (Å²) < 4.78 is 5.19. The summed E-state index contributed by atoms with van der Waals surface area (Å²) in [7, 11) is 1.57. The Morgan fingerprint density at radius 1 is 1.00 bits per heavy atom. The number of ether oxygens (including phenoxy) is 1. The van der Waals surface area contributed by atoms with Crippen molar-refractivity contribution in [1.29, 1.82) is 0 Å². The smallest absolute Gasteiger partial charge is 0.270 e. The van der Waals surface area contributed by atoms with Gasteiger partial charge in [-0.05, 0) is 30.2 Å². The van der Waals surface area contributed by atoms with Crippen LogP contribution in [-0.2, 0) is 4.79 Å². The molecule has 158 valence electrons. The van der Waals surface area contributed by atoms with E-state index >= 15 is 0 Å². The quantitative estimate of drug-likeness (QED) is 0.441. The van der Waals surface area contributed by atoms with Crippen molar-refractivity contribution >= 4 is 39.3 Å². The molecule has 0 spiro atoms. The van der Waals surface area contributed by atoms with Crippen LogP contribution in [0.5, 0.6) is 5.75 Å². The van der Waals surface area contributed by atoms with Gasteiger partial charge < -0.3 is 20.4 Å². The highest BCUT2D eigenvalue weighted by atomic mass is 16.5. The second kappa shape index (κ2) is 8.47. The molecule has 7 nitrogen and oxygen atoms in total. The number of carbonyl (C=O) groups is 2. The van der Waals surface area contributed by atoms with E-state index in [1.165, 1.54) is 0 Å². The summed E-state index contributed by atoms with van der Waals surface area (Å²) in [5.74, 6) is -0.179. The highest BCUT2D eigenvalue weighted by Crippen LogP contribution is 2.25. The molecule has 31 heavy (non-hydrogen) atoms. The summed E-state index contributed by atoms with van der Waals surface area (Å²) in [6, 6.07) is 16.0. The van der Waals surface area contributed by atoms with Gasteiger partial charge in [0.25, 0.3) is 5.91 Å². The fourth-order valence-electron chi connectivity index (χ4n) is 3.55. The highest BCUT2D eigenvalue weighted by molar-refractivity contribution is 6.09. The van der Waals surface area contributed by atoms with Gasteiger partial charge in [-0.1, -0.05) is 38.1 Å². The number of H-pyrrole nitrogens is 1. The van der Waals surface area contributed by atoms with Crippen LogP contribution in [0.15, 0.2) is 60.8 Å². The summed E-state index contributed by atoms with van der Waals surface area (Å²) >= 11 is 0. The van der Waals surface area contributed by atoms with Crippen LogP contribution < -0.4 is 15.4 Å². The van der Waals surface area contributed by atoms with E-state index < -0.39 is 11.9 Å². The van der Waals surface area contributed by atoms with Crippen molar-refractivity contribution in [3.63, 3.8) is 0 Å². The molecule has 7 heteroatoms. The Bertz CT molecular complexity index is 1260. The second-order valence-electron chi connectivity index (χ2n) is 7.70. The van der Waals surface area contributed by atoms with E-state index in [0.29, 0.717) is 11.4 Å². The van der Waals surface area contributed by atoms with Crippen LogP contribution in [-0.4, -0.2) is 34.9 Å². The number of anilines is 1. The number of carbonyl (C=O) groups excluding carboxylic acids is 2. The number of hydrogen-bond donors (Lipinski definition) is 3. The molecule has 0 aliphatic heterocycles. The maximum absolute atomic E-state index is 12.9. The van der Waals surface area contributed by atoms with Crippen molar-refractivity contribution in [2.24, 2.45) is 5.92 Å². The number of aromatic nitrogens is 2. The largest absolute Gasteiger partial charge is 0.497 e. The number of benzene rings is 2. The molecule has 4 rings (SSSR count). The lowest BCUT2D eigenvalue weighted by atomic mass is 10.0. The van der Waals surface area contributed by atoms with Gasteiger partial charge in [0, 0.05) is 28.0 Å². The lowest BCUT2D eigenvalue weighted by Gasteiger charge is -2.21. The second-order valence-corrected chi connectivity index (χ2v) is 7.70. The van der Waals surface area contributed by atoms with Crippen LogP contribution in [0, 0.1) is 5.92 Å². The third-order valence-electron chi connectivity index (χ3n) is 5.20. The molecular weight excluding hydrogens is 392 g/mol. The summed E-state index contributed by atoms with van der Waals surface area (Å²) in [5.41, 5.74) is 2.70. The van der Waals surface area contributed by atoms with Gasteiger partial charge in [0.2, 0.25) is 5.91 Å². The van der Waals surface area contributed by atoms with Crippen molar-refractivity contribution in [2.45, 2.75) is 19.9 Å². The summed E-state index contributed by atoms with van der Waals surface area (Å²) in [6.45, 7) is 3.76. The number of aromatic amines is 1. The van der Waals surface area contributed by atoms with Crippen molar-refractivity contribution < 1.29 is 14.3 Å². The molecule has 0 aliphatic rings. The van der Waals surface area contributed by atoms with Gasteiger partial charge in [0.15, 0.2) is 0 Å². The Morgan fingerprint density at radius 3 is 2.58 bits per heavy atom. The lowest BCUT2D eigenvalue weighted by Crippen LogP contribution is -2.47. The minimum Gasteiger partial charge on any atom is -0.497 e. The average Bonchev–Trinajstić information content (AvgIpc) is 3.15. The van der Waals surface area contributed by atoms with Crippen molar-refractivity contribution in [3.8, 4) is 5.75 Å². The molecular formula is C24H24N4O3. The van der Waals surface area contributed by atoms with E-state index in [-0.39, 0.29) is 17.5 Å². The van der Waals surface area contributed by atoms with Gasteiger partial charge in [0.1, 0.15) is 17.5 Å². The third-order valence-corrected chi connectivity index (χ3v) is 5.20. The van der Waals surface area contributed by atoms with Gasteiger partial charge in [-0.2, -0.15) is 0 Å². The molecule has 2 aromatic heterocycles. The van der Waals surface area contributed by atoms with Crippen molar-refractivity contribution in [2.75, 3.05) is 12.4 Å². The molecule has 1 unspecified atom stereocenters. The van der Waals surface area contributed by atoms with Crippen molar-refractivity contribution in [3.05, 3.63) is 66.5 Å². The maximum atomic E-state index is 12.9. The molecule has 4 aromatic rings. The van der Waals surface area contributed by atoms with E-state index in [1.807, 2.05) is 38.1 Å². The van der Waals surface area contributed by atoms with Gasteiger partial charge in [-0.3, -0.25) is 9.59 Å². The number of fused-ring (bicyclic) bond motifs is 3. The molecule has 0 bridgehead atoms. The summed E-state index contributed by atoms with van der Waals surface area (Å²) in [4.78, 5) is 33.4. The van der Waals surface area contributed by atoms with Crippen LogP contribution in [0.25, 0.3) is 21.8 Å². The zero-order chi connectivity index (χ0) is 22.0. The minimum absolute atomic E-state index is 0.119. The summed E-state index contributed by atoms with van der Waals surface area (Å²) in [5, 5.41) is 7.61. The Kier molecular flexibility index (Phi) is 5.58. The molecule has 0 aliphatic carbocycles. The van der Waals surface area contributed by atoms with Gasteiger partial charge in [0.05, 0.1) is 18.8 Å². The predicted octanol–water partition coefficient (Wildman–Crippen LogP) is 4.12. The van der Waals surface area contributed by atoms with Crippen LogP contribution in [0.4, 0.5) is 5.69 Å². The van der Waals surface area contributed by atoms with E-state index in [9.17, 15) is 9.59 Å². The molecule has 0 saturated heterocycles. The molecule has 0 saturated carbocycles. The number of rotatable bonds is 6. The highest BCUT2D eigenvalue weighted by Gasteiger charge is 2.25. The van der Waals surface area contributed by atoms with Gasteiger partial charge in [-0.25, -0.2) is 4.98 Å². The predicted molar refractivity (Wildman–Crippen MR) is 121 cm³/mol. The molecule has 1 atom stereocenters. The first-order valence-electron chi connectivity index (χ1n) is 10.1. The van der Waals surface area contributed by atoms with E-state index in [4.69, 9.17) is 4.74 Å². The number of hydrogen-bond acceptors (Lipinski definition) is 4. The monoisotopic (exact) mass is 416 g/mol. The lowest BCUT2D eigenvalue weighted by molar-refractivity contribution is -0.118. The molecule has 0 radical (unpaired) electrons. The maximum Gasteiger partial charge on any atom is 0.270 e. The first-order valence-corrected chi connectivity index (χ1v) is 10.1. The third kappa shape index (κ3) is 4.21.